The molecular formula is C16H19ClN2O3. The number of carbonyl (C=O) groups is 2. The summed E-state index contributed by atoms with van der Waals surface area (Å²) >= 11 is 5.95. The molecule has 1 aromatic carbocycles. The normalized spacial score (nSPS) is 16.0. The van der Waals surface area contributed by atoms with E-state index in [0.717, 1.165) is 5.56 Å². The zero-order valence-corrected chi connectivity index (χ0v) is 13.2. The predicted molar refractivity (Wildman–Crippen MR) is 85.5 cm³/mol. The molecule has 2 amide bonds. The number of hydrogen-bond donors (Lipinski definition) is 1. The summed E-state index contributed by atoms with van der Waals surface area (Å²) in [6.07, 6.45) is 4.43. The largest absolute Gasteiger partial charge is 0.496 e. The number of benzene rings is 1. The van der Waals surface area contributed by atoms with E-state index in [1.54, 1.807) is 36.3 Å². The fourth-order valence-corrected chi connectivity index (χ4v) is 2.67. The summed E-state index contributed by atoms with van der Waals surface area (Å²) in [7, 11) is 1.57. The Balaban J connectivity index is 2.00. The van der Waals surface area contributed by atoms with Crippen LogP contribution in [0, 0.1) is 5.92 Å². The van der Waals surface area contributed by atoms with Gasteiger partial charge in [0.25, 0.3) is 0 Å². The highest BCUT2D eigenvalue weighted by molar-refractivity contribution is 6.30. The minimum Gasteiger partial charge on any atom is -0.496 e. The van der Waals surface area contributed by atoms with Crippen LogP contribution >= 0.6 is 11.6 Å². The average molecular weight is 323 g/mol. The van der Waals surface area contributed by atoms with Crippen molar-refractivity contribution < 1.29 is 14.3 Å². The first-order valence-corrected chi connectivity index (χ1v) is 7.49. The molecule has 0 saturated carbocycles. The van der Waals surface area contributed by atoms with Crippen molar-refractivity contribution in [3.8, 4) is 5.75 Å². The highest BCUT2D eigenvalue weighted by atomic mass is 35.5. The van der Waals surface area contributed by atoms with Crippen LogP contribution in [-0.2, 0) is 9.59 Å². The molecular weight excluding hydrogens is 304 g/mol. The van der Waals surface area contributed by atoms with Crippen LogP contribution in [0.2, 0.25) is 5.02 Å². The summed E-state index contributed by atoms with van der Waals surface area (Å²) in [5, 5.41) is 0.579. The Kier molecular flexibility index (Phi) is 5.44. The predicted octanol–water partition coefficient (Wildman–Crippen LogP) is 2.09. The fraction of sp³-hybridized carbons (Fsp3) is 0.375. The first-order chi connectivity index (χ1) is 10.5. The van der Waals surface area contributed by atoms with E-state index in [1.807, 2.05) is 0 Å². The van der Waals surface area contributed by atoms with Crippen LogP contribution in [0.3, 0.4) is 0 Å². The smallest absolute Gasteiger partial charge is 0.246 e. The molecule has 22 heavy (non-hydrogen) atoms. The van der Waals surface area contributed by atoms with Crippen molar-refractivity contribution >= 4 is 29.5 Å². The Bertz CT molecular complexity index is 593. The number of methoxy groups -OCH3 is 1. The molecule has 6 heteroatoms. The highest BCUT2D eigenvalue weighted by Gasteiger charge is 2.24. The molecule has 1 fully saturated rings. The van der Waals surface area contributed by atoms with Gasteiger partial charge in [0.05, 0.1) is 7.11 Å². The number of halogens is 1. The van der Waals surface area contributed by atoms with Crippen LogP contribution in [0.4, 0.5) is 0 Å². The van der Waals surface area contributed by atoms with Crippen molar-refractivity contribution in [2.45, 2.75) is 12.8 Å². The topological polar surface area (TPSA) is 72.6 Å². The second-order valence-electron chi connectivity index (χ2n) is 5.22. The highest BCUT2D eigenvalue weighted by Crippen LogP contribution is 2.24. The Labute approximate surface area is 134 Å². The average Bonchev–Trinajstić information content (AvgIpc) is 2.52. The molecule has 0 bridgehead atoms. The molecule has 0 unspecified atom stereocenters. The van der Waals surface area contributed by atoms with Gasteiger partial charge in [-0.1, -0.05) is 11.6 Å². The molecule has 118 valence electrons. The number of primary amides is 1. The van der Waals surface area contributed by atoms with Gasteiger partial charge in [-0.05, 0) is 37.1 Å². The van der Waals surface area contributed by atoms with Crippen LogP contribution in [0.1, 0.15) is 18.4 Å². The number of piperidine rings is 1. The lowest BCUT2D eigenvalue weighted by Crippen LogP contribution is -2.41. The molecule has 0 aliphatic carbocycles. The summed E-state index contributed by atoms with van der Waals surface area (Å²) in [6.45, 7) is 1.09. The lowest BCUT2D eigenvalue weighted by Gasteiger charge is -2.29. The number of carbonyl (C=O) groups excluding carboxylic acids is 2. The van der Waals surface area contributed by atoms with Crippen molar-refractivity contribution in [3.63, 3.8) is 0 Å². The monoisotopic (exact) mass is 322 g/mol. The van der Waals surface area contributed by atoms with E-state index in [-0.39, 0.29) is 17.7 Å². The molecule has 0 radical (unpaired) electrons. The number of amides is 2. The van der Waals surface area contributed by atoms with Gasteiger partial charge in [0.15, 0.2) is 0 Å². The van der Waals surface area contributed by atoms with E-state index < -0.39 is 0 Å². The summed E-state index contributed by atoms with van der Waals surface area (Å²) < 4.78 is 5.23. The zero-order valence-electron chi connectivity index (χ0n) is 12.4. The maximum Gasteiger partial charge on any atom is 0.246 e. The number of nitrogens with two attached hydrogens (primary N) is 1. The van der Waals surface area contributed by atoms with E-state index in [4.69, 9.17) is 22.1 Å². The van der Waals surface area contributed by atoms with Crippen molar-refractivity contribution in [1.29, 1.82) is 0 Å². The van der Waals surface area contributed by atoms with Gasteiger partial charge in [0.2, 0.25) is 11.8 Å². The Morgan fingerprint density at radius 1 is 1.36 bits per heavy atom. The SMILES string of the molecule is COc1ccc(Cl)cc1/C=C\C(=O)N1CCC(C(N)=O)CC1. The first kappa shape index (κ1) is 16.4. The standard InChI is InChI=1S/C16H19ClN2O3/c1-22-14-4-3-13(17)10-12(14)2-5-15(20)19-8-6-11(7-9-19)16(18)21/h2-5,10-11H,6-9H2,1H3,(H2,18,21)/b5-2-. The van der Waals surface area contributed by atoms with Gasteiger partial charge in [-0.15, -0.1) is 0 Å². The molecule has 1 saturated heterocycles. The van der Waals surface area contributed by atoms with Crippen molar-refractivity contribution in [3.05, 3.63) is 34.9 Å². The van der Waals surface area contributed by atoms with Crippen LogP contribution in [0.25, 0.3) is 6.08 Å². The zero-order chi connectivity index (χ0) is 16.1. The van der Waals surface area contributed by atoms with Gasteiger partial charge >= 0.3 is 0 Å². The van der Waals surface area contributed by atoms with E-state index in [2.05, 4.69) is 0 Å². The Morgan fingerprint density at radius 2 is 2.05 bits per heavy atom. The minimum absolute atomic E-state index is 0.0926. The van der Waals surface area contributed by atoms with E-state index in [9.17, 15) is 9.59 Å². The summed E-state index contributed by atoms with van der Waals surface area (Å²) in [6, 6.07) is 5.22. The summed E-state index contributed by atoms with van der Waals surface area (Å²) in [5.41, 5.74) is 6.03. The molecule has 0 aromatic heterocycles. The molecule has 0 spiro atoms. The van der Waals surface area contributed by atoms with E-state index in [0.29, 0.717) is 36.7 Å². The van der Waals surface area contributed by atoms with Crippen LogP contribution in [0.15, 0.2) is 24.3 Å². The first-order valence-electron chi connectivity index (χ1n) is 7.11. The third-order valence-electron chi connectivity index (χ3n) is 3.81. The van der Waals surface area contributed by atoms with E-state index in [1.165, 1.54) is 6.08 Å². The Morgan fingerprint density at radius 3 is 2.64 bits per heavy atom. The van der Waals surface area contributed by atoms with E-state index >= 15 is 0 Å². The molecule has 2 rings (SSSR count). The number of hydrogen-bond acceptors (Lipinski definition) is 3. The third-order valence-corrected chi connectivity index (χ3v) is 4.04. The molecule has 1 heterocycles. The third kappa shape index (κ3) is 4.01. The second-order valence-corrected chi connectivity index (χ2v) is 5.66. The number of nitrogens with zero attached hydrogens (tertiary/aromatic N) is 1. The summed E-state index contributed by atoms with van der Waals surface area (Å²) in [5.74, 6) is 0.151. The van der Waals surface area contributed by atoms with Gasteiger partial charge in [0, 0.05) is 35.7 Å². The summed E-state index contributed by atoms with van der Waals surface area (Å²) in [4.78, 5) is 25.0. The quantitative estimate of drug-likeness (QED) is 0.863. The van der Waals surface area contributed by atoms with Gasteiger partial charge in [-0.25, -0.2) is 0 Å². The fourth-order valence-electron chi connectivity index (χ4n) is 2.49. The minimum atomic E-state index is -0.286. The van der Waals surface area contributed by atoms with Gasteiger partial charge < -0.3 is 15.4 Å². The molecule has 1 aromatic rings. The van der Waals surface area contributed by atoms with Crippen molar-refractivity contribution in [1.82, 2.24) is 4.90 Å². The molecule has 0 atom stereocenters. The molecule has 5 nitrogen and oxygen atoms in total. The lowest BCUT2D eigenvalue weighted by atomic mass is 9.96. The van der Waals surface area contributed by atoms with Crippen molar-refractivity contribution in [2.24, 2.45) is 11.7 Å². The van der Waals surface area contributed by atoms with Gasteiger partial charge in [-0.3, -0.25) is 9.59 Å². The number of rotatable bonds is 4. The maximum absolute atomic E-state index is 12.2. The number of ether oxygens (including phenoxy) is 1. The second kappa shape index (κ2) is 7.31. The lowest BCUT2D eigenvalue weighted by molar-refractivity contribution is -0.130. The van der Waals surface area contributed by atoms with Gasteiger partial charge in [0.1, 0.15) is 5.75 Å². The van der Waals surface area contributed by atoms with Crippen LogP contribution in [0.5, 0.6) is 5.75 Å². The van der Waals surface area contributed by atoms with Crippen LogP contribution in [-0.4, -0.2) is 36.9 Å². The molecule has 1 aliphatic heterocycles. The van der Waals surface area contributed by atoms with Crippen LogP contribution < -0.4 is 10.5 Å². The van der Waals surface area contributed by atoms with Crippen molar-refractivity contribution in [2.75, 3.05) is 20.2 Å². The maximum atomic E-state index is 12.2. The van der Waals surface area contributed by atoms with Gasteiger partial charge in [-0.2, -0.15) is 0 Å². The molecule has 2 N–H and O–H groups in total. The number of likely N-dealkylation sites (tertiary alicyclic amines) is 1. The molecule has 1 aliphatic rings. The Hall–Kier alpha value is -2.01.